The summed E-state index contributed by atoms with van der Waals surface area (Å²) in [6.45, 7) is 2.32. The summed E-state index contributed by atoms with van der Waals surface area (Å²) in [6, 6.07) is 56.8. The van der Waals surface area contributed by atoms with E-state index in [4.69, 9.17) is 4.42 Å². The largest absolute Gasteiger partial charge is 0.456 e. The number of furan rings is 1. The van der Waals surface area contributed by atoms with Gasteiger partial charge in [-0.15, -0.1) is 0 Å². The topological polar surface area (TPSA) is 16.4 Å². The number of benzene rings is 7. The quantitative estimate of drug-likeness (QED) is 0.182. The van der Waals surface area contributed by atoms with Crippen LogP contribution in [0.4, 0.5) is 17.1 Å². The molecule has 0 radical (unpaired) electrons. The zero-order valence-electron chi connectivity index (χ0n) is 27.4. The van der Waals surface area contributed by atoms with Gasteiger partial charge in [-0.3, -0.25) is 0 Å². The van der Waals surface area contributed by atoms with Crippen molar-refractivity contribution in [3.05, 3.63) is 182 Å². The maximum atomic E-state index is 6.44. The smallest absolute Gasteiger partial charge is 0.137 e. The fraction of sp³-hybridized carbons (Fsp3) is 0.0638. The third kappa shape index (κ3) is 5.32. The van der Waals surface area contributed by atoms with Crippen molar-refractivity contribution in [3.8, 4) is 22.3 Å². The Bertz CT molecular complexity index is 2550. The maximum absolute atomic E-state index is 6.44. The highest BCUT2D eigenvalue weighted by atomic mass is 16.3. The van der Waals surface area contributed by atoms with E-state index in [1.165, 1.54) is 44.2 Å². The van der Waals surface area contributed by atoms with E-state index in [-0.39, 0.29) is 0 Å². The molecule has 0 N–H and O–H groups in total. The normalized spacial score (nSPS) is 14.4. The molecule has 0 saturated carbocycles. The van der Waals surface area contributed by atoms with Crippen LogP contribution in [0.5, 0.6) is 0 Å². The van der Waals surface area contributed by atoms with Gasteiger partial charge in [-0.05, 0) is 105 Å². The van der Waals surface area contributed by atoms with Crippen LogP contribution in [0, 0.1) is 5.92 Å². The zero-order chi connectivity index (χ0) is 32.7. The van der Waals surface area contributed by atoms with E-state index >= 15 is 0 Å². The summed E-state index contributed by atoms with van der Waals surface area (Å²) in [4.78, 5) is 2.39. The van der Waals surface area contributed by atoms with Gasteiger partial charge < -0.3 is 9.32 Å². The lowest BCUT2D eigenvalue weighted by Crippen LogP contribution is -2.11. The summed E-state index contributed by atoms with van der Waals surface area (Å²) in [7, 11) is 0. The van der Waals surface area contributed by atoms with Crippen LogP contribution in [0.3, 0.4) is 0 Å². The second-order valence-electron chi connectivity index (χ2n) is 13.0. The summed E-state index contributed by atoms with van der Waals surface area (Å²) < 4.78 is 6.44. The minimum atomic E-state index is 0.430. The van der Waals surface area contributed by atoms with E-state index in [0.717, 1.165) is 45.4 Å². The van der Waals surface area contributed by atoms with E-state index in [1.54, 1.807) is 0 Å². The third-order valence-electron chi connectivity index (χ3n) is 9.87. The van der Waals surface area contributed by atoms with Crippen molar-refractivity contribution in [1.82, 2.24) is 0 Å². The number of para-hydroxylation sites is 1. The van der Waals surface area contributed by atoms with Gasteiger partial charge in [0.1, 0.15) is 11.2 Å². The van der Waals surface area contributed by atoms with Crippen molar-refractivity contribution in [2.24, 2.45) is 5.92 Å². The summed E-state index contributed by atoms with van der Waals surface area (Å²) in [5.74, 6) is 0.430. The van der Waals surface area contributed by atoms with E-state index < -0.39 is 0 Å². The predicted molar refractivity (Wildman–Crippen MR) is 208 cm³/mol. The van der Waals surface area contributed by atoms with E-state index in [9.17, 15) is 0 Å². The van der Waals surface area contributed by atoms with Gasteiger partial charge >= 0.3 is 0 Å². The van der Waals surface area contributed by atoms with Crippen LogP contribution in [-0.2, 0) is 0 Å². The average molecular weight is 630 g/mol. The molecular formula is C47H35NO. The summed E-state index contributed by atoms with van der Waals surface area (Å²) in [6.07, 6.45) is 7.79. The van der Waals surface area contributed by atoms with Crippen molar-refractivity contribution >= 4 is 55.3 Å². The molecule has 0 aliphatic heterocycles. The SMILES string of the molecule is CC1CC=CC=C1c1cc(-c2ccccc2)cc(N(c2cccc(-c3cccc4ccccc34)c2)c2ccc3c(c2)oc2ccccc23)c1. The van der Waals surface area contributed by atoms with Gasteiger partial charge in [0.25, 0.3) is 0 Å². The molecule has 0 amide bonds. The molecule has 9 rings (SSSR count). The van der Waals surface area contributed by atoms with Gasteiger partial charge in [0.15, 0.2) is 0 Å². The molecular weight excluding hydrogens is 595 g/mol. The molecule has 8 aromatic rings. The molecule has 1 aliphatic rings. The Hall–Kier alpha value is -6.12. The standard InChI is InChI=1S/C47H35NO/c1-32-13-5-7-20-41(32)37-27-36(33-14-3-2-4-15-33)29-40(30-37)48(39-25-26-45-44-22-9-10-24-46(44)49-47(45)31-39)38-19-11-18-35(28-38)43-23-12-17-34-16-6-8-21-42(34)43/h2-12,14-32H,13H2,1H3. The molecule has 1 aromatic heterocycles. The first-order valence-corrected chi connectivity index (χ1v) is 17.1. The van der Waals surface area contributed by atoms with Crippen LogP contribution in [-0.4, -0.2) is 0 Å². The summed E-state index contributed by atoms with van der Waals surface area (Å²) in [5, 5.41) is 4.74. The maximum Gasteiger partial charge on any atom is 0.137 e. The Labute approximate surface area is 286 Å². The highest BCUT2D eigenvalue weighted by Crippen LogP contribution is 2.43. The minimum Gasteiger partial charge on any atom is -0.456 e. The molecule has 2 nitrogen and oxygen atoms in total. The Kier molecular flexibility index (Phi) is 7.21. The second kappa shape index (κ2) is 12.2. The molecule has 1 aliphatic carbocycles. The number of hydrogen-bond acceptors (Lipinski definition) is 2. The Morgan fingerprint density at radius 2 is 1.20 bits per heavy atom. The Morgan fingerprint density at radius 3 is 2.10 bits per heavy atom. The molecule has 0 saturated heterocycles. The van der Waals surface area contributed by atoms with Crippen molar-refractivity contribution < 1.29 is 4.42 Å². The van der Waals surface area contributed by atoms with Crippen LogP contribution < -0.4 is 4.90 Å². The molecule has 7 aromatic carbocycles. The molecule has 2 heteroatoms. The Morgan fingerprint density at radius 1 is 0.510 bits per heavy atom. The third-order valence-corrected chi connectivity index (χ3v) is 9.87. The summed E-state index contributed by atoms with van der Waals surface area (Å²) in [5.41, 5.74) is 12.4. The molecule has 1 heterocycles. The van der Waals surface area contributed by atoms with Gasteiger partial charge in [-0.2, -0.15) is 0 Å². The lowest BCUT2D eigenvalue weighted by Gasteiger charge is -2.28. The van der Waals surface area contributed by atoms with Crippen LogP contribution >= 0.6 is 0 Å². The van der Waals surface area contributed by atoms with E-state index in [2.05, 4.69) is 176 Å². The molecule has 1 atom stereocenters. The molecule has 49 heavy (non-hydrogen) atoms. The van der Waals surface area contributed by atoms with Gasteiger partial charge in [0.2, 0.25) is 0 Å². The van der Waals surface area contributed by atoms with Gasteiger partial charge in [-0.1, -0.05) is 128 Å². The molecule has 0 bridgehead atoms. The first-order chi connectivity index (χ1) is 24.2. The molecule has 0 spiro atoms. The number of rotatable bonds is 6. The van der Waals surface area contributed by atoms with Gasteiger partial charge in [0, 0.05) is 33.9 Å². The molecule has 234 valence electrons. The number of nitrogens with zero attached hydrogens (tertiary/aromatic N) is 1. The number of allylic oxidation sites excluding steroid dienone is 4. The number of fused-ring (bicyclic) bond motifs is 4. The van der Waals surface area contributed by atoms with Crippen LogP contribution in [0.2, 0.25) is 0 Å². The van der Waals surface area contributed by atoms with E-state index in [0.29, 0.717) is 5.92 Å². The number of hydrogen-bond donors (Lipinski definition) is 0. The van der Waals surface area contributed by atoms with Gasteiger partial charge in [0.05, 0.1) is 0 Å². The minimum absolute atomic E-state index is 0.430. The predicted octanol–water partition coefficient (Wildman–Crippen LogP) is 13.5. The second-order valence-corrected chi connectivity index (χ2v) is 13.0. The summed E-state index contributed by atoms with van der Waals surface area (Å²) >= 11 is 0. The first kappa shape index (κ1) is 29.1. The van der Waals surface area contributed by atoms with Crippen molar-refractivity contribution in [1.29, 1.82) is 0 Å². The zero-order valence-corrected chi connectivity index (χ0v) is 27.4. The van der Waals surface area contributed by atoms with Gasteiger partial charge in [-0.25, -0.2) is 0 Å². The van der Waals surface area contributed by atoms with Crippen LogP contribution in [0.25, 0.3) is 60.5 Å². The fourth-order valence-corrected chi connectivity index (χ4v) is 7.42. The highest BCUT2D eigenvalue weighted by Gasteiger charge is 2.20. The first-order valence-electron chi connectivity index (χ1n) is 17.1. The fourth-order valence-electron chi connectivity index (χ4n) is 7.42. The van der Waals surface area contributed by atoms with Crippen molar-refractivity contribution in [2.75, 3.05) is 4.90 Å². The number of anilines is 3. The van der Waals surface area contributed by atoms with Crippen molar-refractivity contribution in [3.63, 3.8) is 0 Å². The monoisotopic (exact) mass is 629 g/mol. The average Bonchev–Trinajstić information content (AvgIpc) is 3.53. The Balaban J connectivity index is 1.29. The van der Waals surface area contributed by atoms with E-state index in [1.807, 2.05) is 12.1 Å². The lowest BCUT2D eigenvalue weighted by molar-refractivity contribution is 0.669. The molecule has 1 unspecified atom stereocenters. The van der Waals surface area contributed by atoms with Crippen LogP contribution in [0.1, 0.15) is 18.9 Å². The molecule has 0 fully saturated rings. The highest BCUT2D eigenvalue weighted by molar-refractivity contribution is 6.06. The van der Waals surface area contributed by atoms with Crippen LogP contribution in [0.15, 0.2) is 180 Å². The lowest BCUT2D eigenvalue weighted by atomic mass is 9.86. The van der Waals surface area contributed by atoms with Crippen molar-refractivity contribution in [2.45, 2.75) is 13.3 Å².